The van der Waals surface area contributed by atoms with E-state index in [4.69, 9.17) is 14.2 Å². The lowest BCUT2D eigenvalue weighted by atomic mass is 10.0. The molecule has 82 valence electrons. The molecular formula is C11H20O3. The molecule has 1 aliphatic rings. The molecule has 1 rings (SSSR count). The summed E-state index contributed by atoms with van der Waals surface area (Å²) in [6, 6.07) is 0. The standard InChI is InChI=1S/C11H20O3/c1-4-10-9-11(13-5-2,14-6-3)7-8-12-10/h4,10H,1,5-9H2,2-3H3. The first-order valence-electron chi connectivity index (χ1n) is 5.28. The fourth-order valence-corrected chi connectivity index (χ4v) is 1.81. The Hall–Kier alpha value is -0.380. The lowest BCUT2D eigenvalue weighted by molar-refractivity contribution is -0.272. The zero-order valence-electron chi connectivity index (χ0n) is 9.12. The summed E-state index contributed by atoms with van der Waals surface area (Å²) in [5, 5.41) is 0. The molecule has 3 nitrogen and oxygen atoms in total. The van der Waals surface area contributed by atoms with Crippen LogP contribution in [0.2, 0.25) is 0 Å². The molecule has 0 aromatic rings. The number of ether oxygens (including phenoxy) is 3. The van der Waals surface area contributed by atoms with Gasteiger partial charge in [0.15, 0.2) is 5.79 Å². The summed E-state index contributed by atoms with van der Waals surface area (Å²) in [5.41, 5.74) is 0. The predicted molar refractivity (Wildman–Crippen MR) is 55.2 cm³/mol. The van der Waals surface area contributed by atoms with Gasteiger partial charge < -0.3 is 14.2 Å². The highest BCUT2D eigenvalue weighted by Crippen LogP contribution is 2.30. The lowest BCUT2D eigenvalue weighted by Crippen LogP contribution is -2.44. The van der Waals surface area contributed by atoms with E-state index in [-0.39, 0.29) is 6.10 Å². The van der Waals surface area contributed by atoms with Gasteiger partial charge in [-0.15, -0.1) is 6.58 Å². The highest BCUT2D eigenvalue weighted by atomic mass is 16.7. The van der Waals surface area contributed by atoms with Crippen molar-refractivity contribution in [1.29, 1.82) is 0 Å². The van der Waals surface area contributed by atoms with Crippen LogP contribution in [0.15, 0.2) is 12.7 Å². The van der Waals surface area contributed by atoms with Crippen molar-refractivity contribution in [3.8, 4) is 0 Å². The Labute approximate surface area is 86.0 Å². The highest BCUT2D eigenvalue weighted by molar-refractivity contribution is 4.89. The van der Waals surface area contributed by atoms with Crippen molar-refractivity contribution in [3.63, 3.8) is 0 Å². The summed E-state index contributed by atoms with van der Waals surface area (Å²) in [4.78, 5) is 0. The Morgan fingerprint density at radius 2 is 2.07 bits per heavy atom. The number of hydrogen-bond acceptors (Lipinski definition) is 3. The van der Waals surface area contributed by atoms with Gasteiger partial charge in [-0.25, -0.2) is 0 Å². The van der Waals surface area contributed by atoms with E-state index in [0.29, 0.717) is 19.8 Å². The SMILES string of the molecule is C=CC1CC(OCC)(OCC)CCO1. The van der Waals surface area contributed by atoms with Crippen LogP contribution >= 0.6 is 0 Å². The molecule has 1 aliphatic heterocycles. The van der Waals surface area contributed by atoms with Crippen LogP contribution in [0.1, 0.15) is 26.7 Å². The first-order chi connectivity index (χ1) is 6.76. The van der Waals surface area contributed by atoms with Gasteiger partial charge >= 0.3 is 0 Å². The van der Waals surface area contributed by atoms with Crippen molar-refractivity contribution in [2.24, 2.45) is 0 Å². The number of rotatable bonds is 5. The van der Waals surface area contributed by atoms with E-state index >= 15 is 0 Å². The van der Waals surface area contributed by atoms with Crippen molar-refractivity contribution in [1.82, 2.24) is 0 Å². The molecule has 0 amide bonds. The van der Waals surface area contributed by atoms with Gasteiger partial charge in [0.25, 0.3) is 0 Å². The van der Waals surface area contributed by atoms with Crippen molar-refractivity contribution >= 4 is 0 Å². The summed E-state index contributed by atoms with van der Waals surface area (Å²) < 4.78 is 16.9. The first-order valence-corrected chi connectivity index (χ1v) is 5.28. The second-order valence-electron chi connectivity index (χ2n) is 3.38. The van der Waals surface area contributed by atoms with Crippen molar-refractivity contribution in [2.45, 2.75) is 38.6 Å². The predicted octanol–water partition coefficient (Wildman–Crippen LogP) is 2.12. The van der Waals surface area contributed by atoms with Gasteiger partial charge in [-0.2, -0.15) is 0 Å². The maximum absolute atomic E-state index is 5.69. The topological polar surface area (TPSA) is 27.7 Å². The Bertz CT molecular complexity index is 168. The van der Waals surface area contributed by atoms with Gasteiger partial charge in [0.1, 0.15) is 0 Å². The molecule has 1 unspecified atom stereocenters. The Morgan fingerprint density at radius 1 is 1.43 bits per heavy atom. The van der Waals surface area contributed by atoms with E-state index in [1.54, 1.807) is 0 Å². The lowest BCUT2D eigenvalue weighted by Gasteiger charge is -2.39. The van der Waals surface area contributed by atoms with E-state index in [1.807, 2.05) is 19.9 Å². The largest absolute Gasteiger partial charge is 0.374 e. The number of hydrogen-bond donors (Lipinski definition) is 0. The molecule has 1 atom stereocenters. The summed E-state index contributed by atoms with van der Waals surface area (Å²) in [6.45, 7) is 9.72. The van der Waals surface area contributed by atoms with Crippen molar-refractivity contribution < 1.29 is 14.2 Å². The van der Waals surface area contributed by atoms with Crippen LogP contribution in [-0.2, 0) is 14.2 Å². The molecule has 0 saturated carbocycles. The van der Waals surface area contributed by atoms with Crippen molar-refractivity contribution in [3.05, 3.63) is 12.7 Å². The van der Waals surface area contributed by atoms with Crippen LogP contribution in [0.25, 0.3) is 0 Å². The van der Waals surface area contributed by atoms with Crippen LogP contribution < -0.4 is 0 Å². The zero-order valence-corrected chi connectivity index (χ0v) is 9.12. The molecule has 0 aromatic heterocycles. The van der Waals surface area contributed by atoms with Gasteiger partial charge in [-0.05, 0) is 13.8 Å². The van der Waals surface area contributed by atoms with Crippen LogP contribution in [0.5, 0.6) is 0 Å². The van der Waals surface area contributed by atoms with Crippen LogP contribution in [0.4, 0.5) is 0 Å². The molecule has 1 saturated heterocycles. The van der Waals surface area contributed by atoms with Crippen LogP contribution in [-0.4, -0.2) is 31.7 Å². The normalized spacial score (nSPS) is 26.0. The quantitative estimate of drug-likeness (QED) is 0.502. The summed E-state index contributed by atoms with van der Waals surface area (Å²) in [6.07, 6.45) is 3.42. The minimum absolute atomic E-state index is 0.0573. The van der Waals surface area contributed by atoms with Crippen LogP contribution in [0.3, 0.4) is 0 Å². The zero-order chi connectivity index (χ0) is 10.4. The maximum atomic E-state index is 5.69. The van der Waals surface area contributed by atoms with Gasteiger partial charge in [-0.1, -0.05) is 6.08 Å². The molecule has 0 spiro atoms. The molecule has 0 bridgehead atoms. The molecular weight excluding hydrogens is 180 g/mol. The smallest absolute Gasteiger partial charge is 0.173 e. The van der Waals surface area contributed by atoms with E-state index in [1.165, 1.54) is 0 Å². The summed E-state index contributed by atoms with van der Waals surface area (Å²) in [5.74, 6) is -0.444. The third kappa shape index (κ3) is 2.80. The highest BCUT2D eigenvalue weighted by Gasteiger charge is 2.37. The molecule has 0 radical (unpaired) electrons. The van der Waals surface area contributed by atoms with E-state index in [9.17, 15) is 0 Å². The summed E-state index contributed by atoms with van der Waals surface area (Å²) in [7, 11) is 0. The monoisotopic (exact) mass is 200 g/mol. The third-order valence-electron chi connectivity index (χ3n) is 2.40. The molecule has 1 heterocycles. The van der Waals surface area contributed by atoms with Gasteiger partial charge in [-0.3, -0.25) is 0 Å². The van der Waals surface area contributed by atoms with Gasteiger partial charge in [0.2, 0.25) is 0 Å². The maximum Gasteiger partial charge on any atom is 0.173 e. The Morgan fingerprint density at radius 3 is 2.57 bits per heavy atom. The van der Waals surface area contributed by atoms with Gasteiger partial charge in [0, 0.05) is 26.1 Å². The van der Waals surface area contributed by atoms with Crippen LogP contribution in [0, 0.1) is 0 Å². The fraction of sp³-hybridized carbons (Fsp3) is 0.818. The average molecular weight is 200 g/mol. The van der Waals surface area contributed by atoms with E-state index in [0.717, 1.165) is 12.8 Å². The first kappa shape index (κ1) is 11.7. The molecule has 0 aromatic carbocycles. The van der Waals surface area contributed by atoms with Gasteiger partial charge in [0.05, 0.1) is 12.7 Å². The molecule has 14 heavy (non-hydrogen) atoms. The van der Waals surface area contributed by atoms with E-state index < -0.39 is 5.79 Å². The molecule has 0 N–H and O–H groups in total. The molecule has 3 heteroatoms. The Kier molecular flexibility index (Phi) is 4.58. The molecule has 1 fully saturated rings. The Balaban J connectivity index is 2.59. The molecule has 0 aliphatic carbocycles. The second kappa shape index (κ2) is 5.49. The third-order valence-corrected chi connectivity index (χ3v) is 2.40. The minimum atomic E-state index is -0.444. The fourth-order valence-electron chi connectivity index (χ4n) is 1.81. The summed E-state index contributed by atoms with van der Waals surface area (Å²) >= 11 is 0. The second-order valence-corrected chi connectivity index (χ2v) is 3.38. The van der Waals surface area contributed by atoms with Crippen molar-refractivity contribution in [2.75, 3.05) is 19.8 Å². The average Bonchev–Trinajstić information content (AvgIpc) is 2.19. The minimum Gasteiger partial charge on any atom is -0.374 e. The van der Waals surface area contributed by atoms with E-state index in [2.05, 4.69) is 6.58 Å².